The average molecular weight is 344 g/mol. The van der Waals surface area contributed by atoms with Crippen LogP contribution in [0.1, 0.15) is 67.8 Å². The van der Waals surface area contributed by atoms with Crippen LogP contribution in [0.4, 0.5) is 0 Å². The average Bonchev–Trinajstić information content (AvgIpc) is 2.86. The smallest absolute Gasteiger partial charge is 0.251 e. The summed E-state index contributed by atoms with van der Waals surface area (Å²) < 4.78 is 0. The number of likely N-dealkylation sites (tertiary alicyclic amines) is 1. The Labute approximate surface area is 151 Å². The number of aliphatic hydroxyl groups excluding tert-OH is 1. The molecule has 0 spiro atoms. The van der Waals surface area contributed by atoms with Gasteiger partial charge in [0.2, 0.25) is 0 Å². The summed E-state index contributed by atoms with van der Waals surface area (Å²) >= 11 is 0. The lowest BCUT2D eigenvalue weighted by molar-refractivity contribution is 0.0232. The fraction of sp³-hybridized carbons (Fsp3) is 0.667. The third-order valence-corrected chi connectivity index (χ3v) is 5.77. The first-order valence-corrected chi connectivity index (χ1v) is 9.96. The fourth-order valence-electron chi connectivity index (χ4n) is 4.13. The molecule has 3 rings (SSSR count). The number of nitrogens with one attached hydrogen (secondary N) is 1. The van der Waals surface area contributed by atoms with Crippen molar-refractivity contribution in [3.63, 3.8) is 0 Å². The number of aliphatic hydroxyl groups is 1. The maximum atomic E-state index is 12.7. The minimum absolute atomic E-state index is 0.0194. The first-order valence-electron chi connectivity index (χ1n) is 9.96. The van der Waals surface area contributed by atoms with E-state index in [9.17, 15) is 9.90 Å². The van der Waals surface area contributed by atoms with Crippen molar-refractivity contribution < 1.29 is 9.90 Å². The Balaban J connectivity index is 1.58. The molecule has 4 heteroatoms. The van der Waals surface area contributed by atoms with Gasteiger partial charge in [0, 0.05) is 18.2 Å². The van der Waals surface area contributed by atoms with Gasteiger partial charge in [-0.05, 0) is 68.8 Å². The summed E-state index contributed by atoms with van der Waals surface area (Å²) in [6.45, 7) is 5.37. The highest BCUT2D eigenvalue weighted by Crippen LogP contribution is 2.31. The van der Waals surface area contributed by atoms with Crippen LogP contribution in [0.5, 0.6) is 0 Å². The van der Waals surface area contributed by atoms with Gasteiger partial charge in [-0.1, -0.05) is 31.9 Å². The zero-order valence-corrected chi connectivity index (χ0v) is 15.4. The molecule has 1 aliphatic heterocycles. The van der Waals surface area contributed by atoms with Crippen molar-refractivity contribution in [3.05, 3.63) is 35.4 Å². The van der Waals surface area contributed by atoms with Gasteiger partial charge in [0.05, 0.1) is 6.10 Å². The number of benzene rings is 1. The van der Waals surface area contributed by atoms with E-state index in [4.69, 9.17) is 0 Å². The summed E-state index contributed by atoms with van der Waals surface area (Å²) in [4.78, 5) is 15.2. The molecule has 2 fully saturated rings. The van der Waals surface area contributed by atoms with E-state index in [-0.39, 0.29) is 18.1 Å². The van der Waals surface area contributed by atoms with Gasteiger partial charge in [-0.15, -0.1) is 0 Å². The summed E-state index contributed by atoms with van der Waals surface area (Å²) in [5, 5.41) is 12.7. The minimum Gasteiger partial charge on any atom is -0.393 e. The minimum atomic E-state index is -0.173. The van der Waals surface area contributed by atoms with Crippen LogP contribution < -0.4 is 5.32 Å². The molecule has 0 bridgehead atoms. The highest BCUT2D eigenvalue weighted by atomic mass is 16.3. The highest BCUT2D eigenvalue weighted by molar-refractivity contribution is 5.94. The zero-order chi connectivity index (χ0) is 17.6. The number of carbonyl (C=O) groups excluding carboxylic acids is 1. The molecule has 1 heterocycles. The Hall–Kier alpha value is -1.39. The van der Waals surface area contributed by atoms with E-state index in [1.165, 1.54) is 44.3 Å². The normalized spacial score (nSPS) is 25.7. The summed E-state index contributed by atoms with van der Waals surface area (Å²) in [6.07, 6.45) is 7.61. The first-order chi connectivity index (χ1) is 12.2. The molecule has 1 aliphatic carbocycles. The molecule has 0 aromatic heterocycles. The molecule has 1 atom stereocenters. The van der Waals surface area contributed by atoms with Gasteiger partial charge in [-0.25, -0.2) is 0 Å². The largest absolute Gasteiger partial charge is 0.393 e. The molecule has 25 heavy (non-hydrogen) atoms. The summed E-state index contributed by atoms with van der Waals surface area (Å²) in [7, 11) is 0. The Bertz CT molecular complexity index is 561. The molecule has 4 nitrogen and oxygen atoms in total. The number of hydrogen-bond acceptors (Lipinski definition) is 3. The highest BCUT2D eigenvalue weighted by Gasteiger charge is 2.33. The predicted molar refractivity (Wildman–Crippen MR) is 100 cm³/mol. The number of rotatable bonds is 6. The molecular formula is C21H32N2O2. The molecule has 1 saturated carbocycles. The van der Waals surface area contributed by atoms with Crippen molar-refractivity contribution in [1.29, 1.82) is 0 Å². The van der Waals surface area contributed by atoms with E-state index in [0.717, 1.165) is 31.4 Å². The van der Waals surface area contributed by atoms with Crippen molar-refractivity contribution in [2.75, 3.05) is 13.1 Å². The van der Waals surface area contributed by atoms with Gasteiger partial charge >= 0.3 is 0 Å². The molecular weight excluding hydrogens is 312 g/mol. The third-order valence-electron chi connectivity index (χ3n) is 5.77. The van der Waals surface area contributed by atoms with Crippen LogP contribution in [0.2, 0.25) is 0 Å². The van der Waals surface area contributed by atoms with Crippen molar-refractivity contribution in [3.8, 4) is 0 Å². The SMILES string of the molecule is CC[C@H](NC(=O)c1cccc(CN2CCCCCC2)c1)C1CC(O)C1. The van der Waals surface area contributed by atoms with Gasteiger partial charge < -0.3 is 10.4 Å². The molecule has 2 aliphatic rings. The maximum Gasteiger partial charge on any atom is 0.251 e. The molecule has 0 unspecified atom stereocenters. The van der Waals surface area contributed by atoms with Gasteiger partial charge in [0.15, 0.2) is 0 Å². The zero-order valence-electron chi connectivity index (χ0n) is 15.4. The van der Waals surface area contributed by atoms with E-state index in [2.05, 4.69) is 23.2 Å². The second kappa shape index (κ2) is 8.81. The summed E-state index contributed by atoms with van der Waals surface area (Å²) in [5.41, 5.74) is 1.98. The third kappa shape index (κ3) is 5.05. The Morgan fingerprint density at radius 3 is 2.60 bits per heavy atom. The Morgan fingerprint density at radius 1 is 1.24 bits per heavy atom. The lowest BCUT2D eigenvalue weighted by Crippen LogP contribution is -2.46. The van der Waals surface area contributed by atoms with Crippen LogP contribution in [0.15, 0.2) is 24.3 Å². The van der Waals surface area contributed by atoms with Crippen molar-refractivity contribution in [1.82, 2.24) is 10.2 Å². The van der Waals surface area contributed by atoms with Crippen molar-refractivity contribution in [2.45, 2.75) is 70.6 Å². The van der Waals surface area contributed by atoms with E-state index in [1.54, 1.807) is 0 Å². The molecule has 1 saturated heterocycles. The van der Waals surface area contributed by atoms with Gasteiger partial charge in [0.25, 0.3) is 5.91 Å². The molecule has 2 N–H and O–H groups in total. The molecule has 138 valence electrons. The second-order valence-electron chi connectivity index (χ2n) is 7.76. The van der Waals surface area contributed by atoms with Gasteiger partial charge in [-0.2, -0.15) is 0 Å². The van der Waals surface area contributed by atoms with Crippen LogP contribution in [0, 0.1) is 5.92 Å². The van der Waals surface area contributed by atoms with E-state index < -0.39 is 0 Å². The van der Waals surface area contributed by atoms with Crippen LogP contribution in [0.25, 0.3) is 0 Å². The lowest BCUT2D eigenvalue weighted by Gasteiger charge is -2.37. The number of hydrogen-bond donors (Lipinski definition) is 2. The topological polar surface area (TPSA) is 52.6 Å². The monoisotopic (exact) mass is 344 g/mol. The van der Waals surface area contributed by atoms with Gasteiger partial charge in [-0.3, -0.25) is 9.69 Å². The molecule has 1 aromatic rings. The number of amides is 1. The van der Waals surface area contributed by atoms with Crippen LogP contribution in [-0.2, 0) is 6.54 Å². The summed E-state index contributed by atoms with van der Waals surface area (Å²) in [6, 6.07) is 8.24. The second-order valence-corrected chi connectivity index (χ2v) is 7.76. The van der Waals surface area contributed by atoms with E-state index in [1.807, 2.05) is 18.2 Å². The number of carbonyl (C=O) groups is 1. The van der Waals surface area contributed by atoms with E-state index >= 15 is 0 Å². The van der Waals surface area contributed by atoms with E-state index in [0.29, 0.717) is 5.92 Å². The van der Waals surface area contributed by atoms with Crippen molar-refractivity contribution >= 4 is 5.91 Å². The predicted octanol–water partition coefficient (Wildman–Crippen LogP) is 3.34. The standard InChI is InChI=1S/C21H32N2O2/c1-2-20(18-13-19(24)14-18)22-21(25)17-9-7-8-16(12-17)15-23-10-5-3-4-6-11-23/h7-9,12,18-20,24H,2-6,10-11,13-15H2,1H3,(H,22,25)/t18?,19?,20-/m0/s1. The van der Waals surface area contributed by atoms with Crippen LogP contribution >= 0.6 is 0 Å². The summed E-state index contributed by atoms with van der Waals surface area (Å²) in [5.74, 6) is 0.440. The molecule has 1 aromatic carbocycles. The Morgan fingerprint density at radius 2 is 1.96 bits per heavy atom. The van der Waals surface area contributed by atoms with Crippen LogP contribution in [-0.4, -0.2) is 41.1 Å². The van der Waals surface area contributed by atoms with Crippen molar-refractivity contribution in [2.24, 2.45) is 5.92 Å². The molecule has 1 amide bonds. The fourth-order valence-corrected chi connectivity index (χ4v) is 4.13. The van der Waals surface area contributed by atoms with Gasteiger partial charge in [0.1, 0.15) is 0 Å². The van der Waals surface area contributed by atoms with Crippen LogP contribution in [0.3, 0.4) is 0 Å². The Kier molecular flexibility index (Phi) is 6.49. The first kappa shape index (κ1) is 18.4. The lowest BCUT2D eigenvalue weighted by atomic mass is 9.76. The number of nitrogens with zero attached hydrogens (tertiary/aromatic N) is 1. The quantitative estimate of drug-likeness (QED) is 0.832. The maximum absolute atomic E-state index is 12.7. The molecule has 0 radical (unpaired) electrons.